The van der Waals surface area contributed by atoms with E-state index in [1.165, 1.54) is 0 Å². The van der Waals surface area contributed by atoms with Crippen molar-refractivity contribution in [3.8, 4) is 0 Å². The summed E-state index contributed by atoms with van der Waals surface area (Å²) in [5, 5.41) is 19.1. The summed E-state index contributed by atoms with van der Waals surface area (Å²) in [6.45, 7) is 0.372. The van der Waals surface area contributed by atoms with E-state index in [0.29, 0.717) is 13.0 Å². The molecular formula is C13H15N3O3. The van der Waals surface area contributed by atoms with Crippen molar-refractivity contribution in [1.82, 2.24) is 15.5 Å². The first kappa shape index (κ1) is 13.1. The van der Waals surface area contributed by atoms with Crippen molar-refractivity contribution in [2.24, 2.45) is 0 Å². The minimum Gasteiger partial charge on any atom is -0.481 e. The number of fused-ring (bicyclic) bond motifs is 1. The quantitative estimate of drug-likeness (QED) is 0.678. The highest BCUT2D eigenvalue weighted by molar-refractivity contribution is 5.87. The number of aromatic amines is 1. The molecule has 0 spiro atoms. The van der Waals surface area contributed by atoms with Crippen LogP contribution in [0.25, 0.3) is 10.9 Å². The van der Waals surface area contributed by atoms with Crippen molar-refractivity contribution < 1.29 is 14.7 Å². The molecule has 0 aliphatic carbocycles. The molecule has 6 heteroatoms. The molecule has 0 unspecified atom stereocenters. The third-order valence-corrected chi connectivity index (χ3v) is 2.77. The number of benzene rings is 1. The average Bonchev–Trinajstić information content (AvgIpc) is 2.78. The molecule has 100 valence electrons. The molecule has 0 saturated heterocycles. The smallest absolute Gasteiger partial charge is 0.303 e. The van der Waals surface area contributed by atoms with Crippen LogP contribution in [0, 0.1) is 0 Å². The van der Waals surface area contributed by atoms with Gasteiger partial charge in [-0.15, -0.1) is 0 Å². The fourth-order valence-corrected chi connectivity index (χ4v) is 1.84. The number of hydrogen-bond acceptors (Lipinski definition) is 3. The number of carboxylic acid groups (broad SMARTS) is 1. The molecule has 0 aliphatic heterocycles. The number of nitrogens with one attached hydrogen (secondary N) is 2. The highest BCUT2D eigenvalue weighted by Crippen LogP contribution is 2.15. The summed E-state index contributed by atoms with van der Waals surface area (Å²) in [4.78, 5) is 22.0. The summed E-state index contributed by atoms with van der Waals surface area (Å²) >= 11 is 0. The van der Waals surface area contributed by atoms with Crippen molar-refractivity contribution in [1.29, 1.82) is 0 Å². The Kier molecular flexibility index (Phi) is 4.12. The number of nitrogens with zero attached hydrogens (tertiary/aromatic N) is 1. The van der Waals surface area contributed by atoms with Gasteiger partial charge in [0.15, 0.2) is 0 Å². The molecule has 0 saturated carbocycles. The number of aliphatic carboxylic acids is 1. The van der Waals surface area contributed by atoms with Gasteiger partial charge >= 0.3 is 5.97 Å². The van der Waals surface area contributed by atoms with Crippen molar-refractivity contribution in [2.45, 2.75) is 19.3 Å². The van der Waals surface area contributed by atoms with Gasteiger partial charge < -0.3 is 10.4 Å². The summed E-state index contributed by atoms with van der Waals surface area (Å²) in [7, 11) is 0. The van der Waals surface area contributed by atoms with Crippen LogP contribution in [0.1, 0.15) is 18.5 Å². The minimum atomic E-state index is -0.853. The number of carbonyl (C=O) groups excluding carboxylic acids is 1. The summed E-state index contributed by atoms with van der Waals surface area (Å²) in [5.74, 6) is -0.992. The second kappa shape index (κ2) is 5.99. The lowest BCUT2D eigenvalue weighted by atomic mass is 10.1. The number of aromatic nitrogens is 2. The normalized spacial score (nSPS) is 10.5. The van der Waals surface area contributed by atoms with E-state index >= 15 is 0 Å². The second-order valence-corrected chi connectivity index (χ2v) is 4.24. The van der Waals surface area contributed by atoms with Crippen molar-refractivity contribution in [3.63, 3.8) is 0 Å². The third-order valence-electron chi connectivity index (χ3n) is 2.77. The monoisotopic (exact) mass is 261 g/mol. The fraction of sp³-hybridized carbons (Fsp3) is 0.308. The molecule has 0 radical (unpaired) electrons. The molecule has 2 rings (SSSR count). The first-order valence-corrected chi connectivity index (χ1v) is 6.07. The standard InChI is InChI=1S/C13H15N3O3/c17-12(14-7-3-6-13(18)19)8-11-9-4-1-2-5-10(9)15-16-11/h1-2,4-5H,3,6-8H2,(H,14,17)(H,15,16)(H,18,19). The largest absolute Gasteiger partial charge is 0.481 e. The van der Waals surface area contributed by atoms with Gasteiger partial charge in [-0.3, -0.25) is 14.7 Å². The van der Waals surface area contributed by atoms with E-state index in [1.54, 1.807) is 0 Å². The van der Waals surface area contributed by atoms with E-state index in [4.69, 9.17) is 5.11 Å². The second-order valence-electron chi connectivity index (χ2n) is 4.24. The molecule has 2 aromatic rings. The number of amides is 1. The van der Waals surface area contributed by atoms with Crippen molar-refractivity contribution >= 4 is 22.8 Å². The van der Waals surface area contributed by atoms with Crippen LogP contribution in [0.3, 0.4) is 0 Å². The molecular weight excluding hydrogens is 246 g/mol. The predicted molar refractivity (Wildman–Crippen MR) is 69.7 cm³/mol. The lowest BCUT2D eigenvalue weighted by Crippen LogP contribution is -2.26. The number of rotatable bonds is 6. The van der Waals surface area contributed by atoms with Crippen LogP contribution in [0.15, 0.2) is 24.3 Å². The number of para-hydroxylation sites is 1. The highest BCUT2D eigenvalue weighted by Gasteiger charge is 2.09. The number of carbonyl (C=O) groups is 2. The molecule has 0 fully saturated rings. The highest BCUT2D eigenvalue weighted by atomic mass is 16.4. The summed E-state index contributed by atoms with van der Waals surface area (Å²) in [6.07, 6.45) is 0.714. The zero-order chi connectivity index (χ0) is 13.7. The van der Waals surface area contributed by atoms with E-state index in [-0.39, 0.29) is 18.7 Å². The molecule has 1 aromatic carbocycles. The van der Waals surface area contributed by atoms with Crippen LogP contribution in [-0.2, 0) is 16.0 Å². The lowest BCUT2D eigenvalue weighted by Gasteiger charge is -2.03. The maximum absolute atomic E-state index is 11.7. The molecule has 1 aromatic heterocycles. The zero-order valence-electron chi connectivity index (χ0n) is 10.3. The Morgan fingerprint density at radius 2 is 2.11 bits per heavy atom. The molecule has 6 nitrogen and oxygen atoms in total. The number of carboxylic acids is 1. The summed E-state index contributed by atoms with van der Waals surface area (Å²) in [5.41, 5.74) is 1.60. The SMILES string of the molecule is O=C(O)CCCNC(=O)Cc1[nH]nc2ccccc12. The Hall–Kier alpha value is -2.37. The Bertz CT molecular complexity index is 592. The van der Waals surface area contributed by atoms with Crippen LogP contribution in [0.2, 0.25) is 0 Å². The van der Waals surface area contributed by atoms with E-state index in [1.807, 2.05) is 24.3 Å². The van der Waals surface area contributed by atoms with Gasteiger partial charge in [0.05, 0.1) is 17.6 Å². The molecule has 1 amide bonds. The van der Waals surface area contributed by atoms with Gasteiger partial charge in [0.1, 0.15) is 0 Å². The molecule has 1 heterocycles. The Morgan fingerprint density at radius 1 is 1.32 bits per heavy atom. The van der Waals surface area contributed by atoms with Crippen LogP contribution in [0.5, 0.6) is 0 Å². The van der Waals surface area contributed by atoms with Crippen molar-refractivity contribution in [3.05, 3.63) is 30.0 Å². The third kappa shape index (κ3) is 3.54. The van der Waals surface area contributed by atoms with Gasteiger partial charge in [0, 0.05) is 18.4 Å². The zero-order valence-corrected chi connectivity index (χ0v) is 10.3. The summed E-state index contributed by atoms with van der Waals surface area (Å²) in [6, 6.07) is 7.57. The number of hydrogen-bond donors (Lipinski definition) is 3. The first-order chi connectivity index (χ1) is 9.16. The van der Waals surface area contributed by atoms with Gasteiger partial charge in [-0.05, 0) is 12.5 Å². The van der Waals surface area contributed by atoms with Gasteiger partial charge in [-0.1, -0.05) is 18.2 Å². The van der Waals surface area contributed by atoms with E-state index in [9.17, 15) is 9.59 Å². The van der Waals surface area contributed by atoms with Gasteiger partial charge in [-0.2, -0.15) is 5.10 Å². The first-order valence-electron chi connectivity index (χ1n) is 6.07. The predicted octanol–water partition coefficient (Wildman–Crippen LogP) is 1.09. The Morgan fingerprint density at radius 3 is 2.89 bits per heavy atom. The summed E-state index contributed by atoms with van der Waals surface area (Å²) < 4.78 is 0. The van der Waals surface area contributed by atoms with Crippen LogP contribution >= 0.6 is 0 Å². The Balaban J connectivity index is 1.87. The fourth-order valence-electron chi connectivity index (χ4n) is 1.84. The lowest BCUT2D eigenvalue weighted by molar-refractivity contribution is -0.137. The van der Waals surface area contributed by atoms with E-state index < -0.39 is 5.97 Å². The molecule has 0 atom stereocenters. The molecule has 0 aliphatic rings. The maximum atomic E-state index is 11.7. The van der Waals surface area contributed by atoms with Crippen LogP contribution in [0.4, 0.5) is 0 Å². The van der Waals surface area contributed by atoms with Gasteiger partial charge in [0.25, 0.3) is 0 Å². The average molecular weight is 261 g/mol. The molecule has 0 bridgehead atoms. The van der Waals surface area contributed by atoms with Crippen molar-refractivity contribution in [2.75, 3.05) is 6.54 Å². The molecule has 3 N–H and O–H groups in total. The number of H-pyrrole nitrogens is 1. The maximum Gasteiger partial charge on any atom is 0.303 e. The van der Waals surface area contributed by atoms with Crippen LogP contribution < -0.4 is 5.32 Å². The van der Waals surface area contributed by atoms with Gasteiger partial charge in [-0.25, -0.2) is 0 Å². The van der Waals surface area contributed by atoms with E-state index in [2.05, 4.69) is 15.5 Å². The van der Waals surface area contributed by atoms with Gasteiger partial charge in [0.2, 0.25) is 5.91 Å². The van der Waals surface area contributed by atoms with Crippen LogP contribution in [-0.4, -0.2) is 33.7 Å². The molecule has 19 heavy (non-hydrogen) atoms. The minimum absolute atomic E-state index is 0.0628. The topological polar surface area (TPSA) is 95.1 Å². The van der Waals surface area contributed by atoms with E-state index in [0.717, 1.165) is 16.6 Å². The Labute approximate surface area is 109 Å².